The standard InChI is InChI=1S/C12H19NO2/c1-9(15-2)6-13-7-10-4-3-5-12(14)11(10)8-13/h7-9,12,14H,3-6H2,1-2H3. The first kappa shape index (κ1) is 10.7. The van der Waals surface area contributed by atoms with E-state index in [1.165, 1.54) is 5.56 Å². The molecule has 2 unspecified atom stereocenters. The van der Waals surface area contributed by atoms with E-state index in [9.17, 15) is 5.11 Å². The van der Waals surface area contributed by atoms with E-state index in [4.69, 9.17) is 4.74 Å². The van der Waals surface area contributed by atoms with E-state index < -0.39 is 0 Å². The minimum absolute atomic E-state index is 0.219. The molecular formula is C12H19NO2. The Kier molecular flexibility index (Phi) is 3.12. The zero-order valence-corrected chi connectivity index (χ0v) is 9.44. The molecule has 2 rings (SSSR count). The topological polar surface area (TPSA) is 34.4 Å². The third-order valence-electron chi connectivity index (χ3n) is 3.15. The molecule has 0 aliphatic heterocycles. The first-order valence-corrected chi connectivity index (χ1v) is 5.60. The molecule has 1 aliphatic carbocycles. The van der Waals surface area contributed by atoms with E-state index in [0.29, 0.717) is 0 Å². The van der Waals surface area contributed by atoms with E-state index >= 15 is 0 Å². The van der Waals surface area contributed by atoms with Crippen molar-refractivity contribution < 1.29 is 9.84 Å². The summed E-state index contributed by atoms with van der Waals surface area (Å²) in [5.41, 5.74) is 2.42. The Labute approximate surface area is 90.7 Å². The Bertz CT molecular complexity index is 332. The molecule has 3 heteroatoms. The number of methoxy groups -OCH3 is 1. The number of rotatable bonds is 3. The molecule has 2 atom stereocenters. The zero-order chi connectivity index (χ0) is 10.8. The van der Waals surface area contributed by atoms with Crippen LogP contribution in [0.4, 0.5) is 0 Å². The normalized spacial score (nSPS) is 22.5. The number of hydrogen-bond donors (Lipinski definition) is 1. The van der Waals surface area contributed by atoms with E-state index in [2.05, 4.69) is 23.9 Å². The van der Waals surface area contributed by atoms with Crippen LogP contribution in [-0.4, -0.2) is 22.9 Å². The first-order chi connectivity index (χ1) is 7.20. The van der Waals surface area contributed by atoms with Gasteiger partial charge in [-0.1, -0.05) is 0 Å². The van der Waals surface area contributed by atoms with Crippen LogP contribution in [-0.2, 0) is 17.7 Å². The molecule has 1 aromatic rings. The summed E-state index contributed by atoms with van der Waals surface area (Å²) in [4.78, 5) is 0. The summed E-state index contributed by atoms with van der Waals surface area (Å²) in [6.07, 6.45) is 7.26. The summed E-state index contributed by atoms with van der Waals surface area (Å²) in [5, 5.41) is 9.82. The van der Waals surface area contributed by atoms with Gasteiger partial charge in [0, 0.05) is 31.6 Å². The molecule has 0 spiro atoms. The number of aliphatic hydroxyl groups excluding tert-OH is 1. The van der Waals surface area contributed by atoms with Crippen LogP contribution in [0.25, 0.3) is 0 Å². The fraction of sp³-hybridized carbons (Fsp3) is 0.667. The van der Waals surface area contributed by atoms with Crippen LogP contribution in [0.1, 0.15) is 37.0 Å². The molecule has 0 aromatic carbocycles. The summed E-state index contributed by atoms with van der Waals surface area (Å²) < 4.78 is 7.36. The predicted molar refractivity (Wildman–Crippen MR) is 58.8 cm³/mol. The SMILES string of the molecule is COC(C)Cn1cc2c(c1)C(O)CCC2. The Morgan fingerprint density at radius 3 is 3.07 bits per heavy atom. The predicted octanol–water partition coefficient (Wildman–Crippen LogP) is 1.89. The number of ether oxygens (including phenoxy) is 1. The second kappa shape index (κ2) is 4.37. The molecule has 15 heavy (non-hydrogen) atoms. The lowest BCUT2D eigenvalue weighted by molar-refractivity contribution is 0.103. The molecule has 3 nitrogen and oxygen atoms in total. The van der Waals surface area contributed by atoms with Gasteiger partial charge in [-0.3, -0.25) is 0 Å². The van der Waals surface area contributed by atoms with E-state index in [1.807, 2.05) is 0 Å². The lowest BCUT2D eigenvalue weighted by atomic mass is 9.93. The second-order valence-corrected chi connectivity index (χ2v) is 4.39. The van der Waals surface area contributed by atoms with Gasteiger partial charge in [-0.25, -0.2) is 0 Å². The molecule has 0 fully saturated rings. The van der Waals surface area contributed by atoms with Crippen LogP contribution in [0.5, 0.6) is 0 Å². The molecule has 1 heterocycles. The van der Waals surface area contributed by atoms with Crippen LogP contribution in [0, 0.1) is 0 Å². The first-order valence-electron chi connectivity index (χ1n) is 5.60. The van der Waals surface area contributed by atoms with Crippen molar-refractivity contribution in [2.24, 2.45) is 0 Å². The summed E-state index contributed by atoms with van der Waals surface area (Å²) in [6, 6.07) is 0. The van der Waals surface area contributed by atoms with Gasteiger partial charge in [0.2, 0.25) is 0 Å². The number of hydrogen-bond acceptors (Lipinski definition) is 2. The molecule has 0 bridgehead atoms. The average molecular weight is 209 g/mol. The lowest BCUT2D eigenvalue weighted by Gasteiger charge is -2.16. The third kappa shape index (κ3) is 2.24. The Morgan fingerprint density at radius 1 is 1.60 bits per heavy atom. The van der Waals surface area contributed by atoms with Crippen molar-refractivity contribution in [2.45, 2.75) is 44.9 Å². The molecule has 0 radical (unpaired) electrons. The molecule has 0 saturated carbocycles. The van der Waals surface area contributed by atoms with Crippen LogP contribution in [0.3, 0.4) is 0 Å². The fourth-order valence-electron chi connectivity index (χ4n) is 2.20. The Balaban J connectivity index is 2.14. The molecule has 1 N–H and O–H groups in total. The summed E-state index contributed by atoms with van der Waals surface area (Å²) in [5.74, 6) is 0. The molecule has 0 amide bonds. The molecular weight excluding hydrogens is 190 g/mol. The summed E-state index contributed by atoms with van der Waals surface area (Å²) >= 11 is 0. The van der Waals surface area contributed by atoms with Gasteiger partial charge >= 0.3 is 0 Å². The number of aryl methyl sites for hydroxylation is 1. The number of aliphatic hydroxyl groups is 1. The highest BCUT2D eigenvalue weighted by atomic mass is 16.5. The van der Waals surface area contributed by atoms with Gasteiger partial charge < -0.3 is 14.4 Å². The van der Waals surface area contributed by atoms with Gasteiger partial charge in [0.15, 0.2) is 0 Å². The van der Waals surface area contributed by atoms with Crippen molar-refractivity contribution in [2.75, 3.05) is 7.11 Å². The zero-order valence-electron chi connectivity index (χ0n) is 9.44. The van der Waals surface area contributed by atoms with Crippen LogP contribution >= 0.6 is 0 Å². The monoisotopic (exact) mass is 209 g/mol. The molecule has 1 aromatic heterocycles. The maximum Gasteiger partial charge on any atom is 0.0807 e. The van der Waals surface area contributed by atoms with Crippen molar-refractivity contribution in [3.05, 3.63) is 23.5 Å². The van der Waals surface area contributed by atoms with Crippen LogP contribution in [0.15, 0.2) is 12.4 Å². The van der Waals surface area contributed by atoms with Crippen molar-refractivity contribution in [3.8, 4) is 0 Å². The van der Waals surface area contributed by atoms with E-state index in [-0.39, 0.29) is 12.2 Å². The largest absolute Gasteiger partial charge is 0.388 e. The number of nitrogens with zero attached hydrogens (tertiary/aromatic N) is 1. The maximum atomic E-state index is 9.82. The van der Waals surface area contributed by atoms with Gasteiger partial charge in [-0.15, -0.1) is 0 Å². The van der Waals surface area contributed by atoms with Crippen LogP contribution < -0.4 is 0 Å². The summed E-state index contributed by atoms with van der Waals surface area (Å²) in [6.45, 7) is 2.91. The van der Waals surface area contributed by atoms with E-state index in [1.54, 1.807) is 7.11 Å². The Morgan fingerprint density at radius 2 is 2.40 bits per heavy atom. The molecule has 0 saturated heterocycles. The quantitative estimate of drug-likeness (QED) is 0.825. The highest BCUT2D eigenvalue weighted by Crippen LogP contribution is 2.30. The molecule has 84 valence electrons. The number of aromatic nitrogens is 1. The fourth-order valence-corrected chi connectivity index (χ4v) is 2.20. The Hall–Kier alpha value is -0.800. The summed E-state index contributed by atoms with van der Waals surface area (Å²) in [7, 11) is 1.73. The minimum Gasteiger partial charge on any atom is -0.388 e. The van der Waals surface area contributed by atoms with Gasteiger partial charge in [0.05, 0.1) is 12.2 Å². The van der Waals surface area contributed by atoms with Gasteiger partial charge in [-0.2, -0.15) is 0 Å². The van der Waals surface area contributed by atoms with Gasteiger partial charge in [0.1, 0.15) is 0 Å². The van der Waals surface area contributed by atoms with Crippen molar-refractivity contribution in [1.82, 2.24) is 4.57 Å². The highest BCUT2D eigenvalue weighted by molar-refractivity contribution is 5.29. The van der Waals surface area contributed by atoms with E-state index in [0.717, 1.165) is 31.4 Å². The average Bonchev–Trinajstić information content (AvgIpc) is 2.62. The highest BCUT2D eigenvalue weighted by Gasteiger charge is 2.19. The third-order valence-corrected chi connectivity index (χ3v) is 3.15. The van der Waals surface area contributed by atoms with Crippen molar-refractivity contribution in [1.29, 1.82) is 0 Å². The van der Waals surface area contributed by atoms with Gasteiger partial charge in [-0.05, 0) is 31.7 Å². The van der Waals surface area contributed by atoms with Gasteiger partial charge in [0.25, 0.3) is 0 Å². The number of fused-ring (bicyclic) bond motifs is 1. The maximum absolute atomic E-state index is 9.82. The minimum atomic E-state index is -0.257. The second-order valence-electron chi connectivity index (χ2n) is 4.39. The lowest BCUT2D eigenvalue weighted by Crippen LogP contribution is -2.13. The van der Waals surface area contributed by atoms with Crippen LogP contribution in [0.2, 0.25) is 0 Å². The molecule has 1 aliphatic rings. The smallest absolute Gasteiger partial charge is 0.0807 e. The van der Waals surface area contributed by atoms with Crippen molar-refractivity contribution in [3.63, 3.8) is 0 Å². The van der Waals surface area contributed by atoms with Crippen molar-refractivity contribution >= 4 is 0 Å².